The summed E-state index contributed by atoms with van der Waals surface area (Å²) in [6.45, 7) is 1.27. The third-order valence-corrected chi connectivity index (χ3v) is 3.51. The van der Waals surface area contributed by atoms with Crippen LogP contribution < -0.4 is 0 Å². The van der Waals surface area contributed by atoms with E-state index in [1.54, 1.807) is 29.9 Å². The van der Waals surface area contributed by atoms with Crippen LogP contribution in [0.1, 0.15) is 27.9 Å². The summed E-state index contributed by atoms with van der Waals surface area (Å²) in [4.78, 5) is 0. The Bertz CT molecular complexity index is 678. The number of nitrogens with zero attached hydrogens (tertiary/aromatic N) is 1. The molecule has 0 saturated carbocycles. The number of benzene rings is 1. The standard InChI is InChI=1S/C15H13F6N/c1-9-6-10(14(16,17)18)7-13(15(19,20)21)12(9)8-11-4-3-5-22(11)2/h3-7H,8H2,1-2H3. The molecular formula is C15H13F6N. The Kier molecular flexibility index (Phi) is 4.02. The van der Waals surface area contributed by atoms with Crippen LogP contribution in [0.4, 0.5) is 26.3 Å². The van der Waals surface area contributed by atoms with Crippen LogP contribution in [0.25, 0.3) is 0 Å². The lowest BCUT2D eigenvalue weighted by Gasteiger charge is -2.19. The average Bonchev–Trinajstić information content (AvgIpc) is 2.74. The predicted octanol–water partition coefficient (Wildman–Crippen LogP) is 4.96. The van der Waals surface area contributed by atoms with Gasteiger partial charge in [0.15, 0.2) is 0 Å². The van der Waals surface area contributed by atoms with Crippen molar-refractivity contribution in [2.45, 2.75) is 25.7 Å². The number of hydrogen-bond acceptors (Lipinski definition) is 0. The third kappa shape index (κ3) is 3.28. The van der Waals surface area contributed by atoms with Crippen molar-refractivity contribution in [2.75, 3.05) is 0 Å². The van der Waals surface area contributed by atoms with Crippen LogP contribution in [0, 0.1) is 6.92 Å². The summed E-state index contributed by atoms with van der Waals surface area (Å²) in [7, 11) is 1.67. The predicted molar refractivity (Wildman–Crippen MR) is 69.4 cm³/mol. The van der Waals surface area contributed by atoms with Crippen molar-refractivity contribution >= 4 is 0 Å². The lowest BCUT2D eigenvalue weighted by Crippen LogP contribution is -2.15. The zero-order valence-corrected chi connectivity index (χ0v) is 11.8. The van der Waals surface area contributed by atoms with Gasteiger partial charge in [0.1, 0.15) is 0 Å². The molecule has 1 nitrogen and oxygen atoms in total. The van der Waals surface area contributed by atoms with Gasteiger partial charge in [0, 0.05) is 25.4 Å². The van der Waals surface area contributed by atoms with Crippen LogP contribution in [0.3, 0.4) is 0 Å². The molecule has 0 saturated heterocycles. The molecule has 22 heavy (non-hydrogen) atoms. The lowest BCUT2D eigenvalue weighted by atomic mass is 9.94. The maximum atomic E-state index is 13.2. The van der Waals surface area contributed by atoms with Gasteiger partial charge in [-0.05, 0) is 42.3 Å². The second kappa shape index (κ2) is 5.37. The first-order chi connectivity index (χ1) is 10.00. The van der Waals surface area contributed by atoms with E-state index in [4.69, 9.17) is 0 Å². The molecule has 1 heterocycles. The molecule has 1 aromatic carbocycles. The molecule has 0 aliphatic carbocycles. The van der Waals surface area contributed by atoms with Gasteiger partial charge in [-0.15, -0.1) is 0 Å². The Hall–Kier alpha value is -1.92. The molecular weight excluding hydrogens is 308 g/mol. The minimum absolute atomic E-state index is 0.0247. The molecule has 0 aliphatic heterocycles. The summed E-state index contributed by atoms with van der Waals surface area (Å²) in [5.74, 6) is 0. The highest BCUT2D eigenvalue weighted by atomic mass is 19.4. The summed E-state index contributed by atoms with van der Waals surface area (Å²) < 4.78 is 79.3. The fraction of sp³-hybridized carbons (Fsp3) is 0.333. The topological polar surface area (TPSA) is 4.93 Å². The Morgan fingerprint density at radius 1 is 1.00 bits per heavy atom. The molecule has 0 spiro atoms. The SMILES string of the molecule is Cc1cc(C(F)(F)F)cc(C(F)(F)F)c1Cc1cccn1C. The van der Waals surface area contributed by atoms with E-state index in [9.17, 15) is 26.3 Å². The highest BCUT2D eigenvalue weighted by Crippen LogP contribution is 2.39. The van der Waals surface area contributed by atoms with Crippen LogP contribution in [-0.2, 0) is 25.8 Å². The fourth-order valence-corrected chi connectivity index (χ4v) is 2.33. The molecule has 0 aliphatic rings. The van der Waals surface area contributed by atoms with Crippen molar-refractivity contribution < 1.29 is 26.3 Å². The first-order valence-corrected chi connectivity index (χ1v) is 6.38. The Morgan fingerprint density at radius 3 is 2.09 bits per heavy atom. The molecule has 1 aromatic heterocycles. The molecule has 120 valence electrons. The van der Waals surface area contributed by atoms with E-state index in [0.717, 1.165) is 6.07 Å². The van der Waals surface area contributed by atoms with E-state index in [2.05, 4.69) is 0 Å². The van der Waals surface area contributed by atoms with Gasteiger partial charge in [-0.3, -0.25) is 0 Å². The molecule has 0 N–H and O–H groups in total. The highest BCUT2D eigenvalue weighted by Gasteiger charge is 2.39. The number of aromatic nitrogens is 1. The van der Waals surface area contributed by atoms with Crippen molar-refractivity contribution in [1.82, 2.24) is 4.57 Å². The molecule has 0 unspecified atom stereocenters. The Labute approximate surface area is 123 Å². The maximum absolute atomic E-state index is 13.2. The molecule has 2 rings (SSSR count). The van der Waals surface area contributed by atoms with Crippen LogP contribution >= 0.6 is 0 Å². The monoisotopic (exact) mass is 321 g/mol. The summed E-state index contributed by atoms with van der Waals surface area (Å²) in [5, 5.41) is 0. The molecule has 0 atom stereocenters. The van der Waals surface area contributed by atoms with Gasteiger partial charge >= 0.3 is 12.4 Å². The summed E-state index contributed by atoms with van der Waals surface area (Å²) in [6, 6.07) is 4.25. The highest BCUT2D eigenvalue weighted by molar-refractivity contribution is 5.43. The van der Waals surface area contributed by atoms with Crippen molar-refractivity contribution in [3.63, 3.8) is 0 Å². The quantitative estimate of drug-likeness (QED) is 0.689. The van der Waals surface area contributed by atoms with Crippen molar-refractivity contribution in [2.24, 2.45) is 7.05 Å². The van der Waals surface area contributed by atoms with Crippen molar-refractivity contribution in [1.29, 1.82) is 0 Å². The molecule has 0 fully saturated rings. The second-order valence-corrected chi connectivity index (χ2v) is 5.10. The first-order valence-electron chi connectivity index (χ1n) is 6.38. The smallest absolute Gasteiger partial charge is 0.354 e. The number of alkyl halides is 6. The molecule has 0 radical (unpaired) electrons. The number of halogens is 6. The van der Waals surface area contributed by atoms with Gasteiger partial charge < -0.3 is 4.57 Å². The van der Waals surface area contributed by atoms with E-state index in [1.165, 1.54) is 6.92 Å². The van der Waals surface area contributed by atoms with Crippen molar-refractivity contribution in [3.05, 3.63) is 58.4 Å². The van der Waals surface area contributed by atoms with Gasteiger partial charge in [-0.25, -0.2) is 0 Å². The molecule has 2 aromatic rings. The molecule has 7 heteroatoms. The Balaban J connectivity index is 2.60. The van der Waals surface area contributed by atoms with Crippen LogP contribution in [0.2, 0.25) is 0 Å². The van der Waals surface area contributed by atoms with E-state index in [1.807, 2.05) is 0 Å². The summed E-state index contributed by atoms with van der Waals surface area (Å²) >= 11 is 0. The average molecular weight is 321 g/mol. The van der Waals surface area contributed by atoms with E-state index >= 15 is 0 Å². The largest absolute Gasteiger partial charge is 0.416 e. The van der Waals surface area contributed by atoms with Crippen LogP contribution in [-0.4, -0.2) is 4.57 Å². The van der Waals surface area contributed by atoms with Gasteiger partial charge in [0.05, 0.1) is 11.1 Å². The van der Waals surface area contributed by atoms with Gasteiger partial charge in [0.25, 0.3) is 0 Å². The number of rotatable bonds is 2. The fourth-order valence-electron chi connectivity index (χ4n) is 2.33. The zero-order chi connectivity index (χ0) is 16.7. The normalized spacial score (nSPS) is 12.7. The van der Waals surface area contributed by atoms with Crippen LogP contribution in [0.15, 0.2) is 30.5 Å². The minimum atomic E-state index is -4.84. The van der Waals surface area contributed by atoms with E-state index < -0.39 is 23.5 Å². The molecule has 0 bridgehead atoms. The minimum Gasteiger partial charge on any atom is -0.354 e. The van der Waals surface area contributed by atoms with E-state index in [-0.39, 0.29) is 23.6 Å². The second-order valence-electron chi connectivity index (χ2n) is 5.10. The van der Waals surface area contributed by atoms with Gasteiger partial charge in [-0.1, -0.05) is 0 Å². The molecule has 0 amide bonds. The third-order valence-electron chi connectivity index (χ3n) is 3.51. The first kappa shape index (κ1) is 16.5. The summed E-state index contributed by atoms with van der Waals surface area (Å²) in [5.41, 5.74) is -2.09. The van der Waals surface area contributed by atoms with Crippen LogP contribution in [0.5, 0.6) is 0 Å². The number of aryl methyl sites for hydroxylation is 2. The Morgan fingerprint density at radius 2 is 1.64 bits per heavy atom. The van der Waals surface area contributed by atoms with Gasteiger partial charge in [0.2, 0.25) is 0 Å². The zero-order valence-electron chi connectivity index (χ0n) is 11.8. The van der Waals surface area contributed by atoms with Gasteiger partial charge in [-0.2, -0.15) is 26.3 Å². The summed E-state index contributed by atoms with van der Waals surface area (Å²) in [6.07, 6.45) is -8.06. The lowest BCUT2D eigenvalue weighted by molar-refractivity contribution is -0.143. The van der Waals surface area contributed by atoms with Crippen molar-refractivity contribution in [3.8, 4) is 0 Å². The van der Waals surface area contributed by atoms with E-state index in [0.29, 0.717) is 5.69 Å². The maximum Gasteiger partial charge on any atom is 0.416 e. The number of hydrogen-bond donors (Lipinski definition) is 0.